The van der Waals surface area contributed by atoms with Crippen LogP contribution in [0.15, 0.2) is 29.2 Å². The lowest BCUT2D eigenvalue weighted by molar-refractivity contribution is -0.120. The maximum absolute atomic E-state index is 11.1. The first-order valence-corrected chi connectivity index (χ1v) is 4.97. The summed E-state index contributed by atoms with van der Waals surface area (Å²) in [6, 6.07) is 6.66. The third kappa shape index (κ3) is 2.93. The molecule has 0 fully saturated rings. The Morgan fingerprint density at radius 1 is 1.50 bits per heavy atom. The number of hydrazine groups is 1. The maximum atomic E-state index is 11.1. The summed E-state index contributed by atoms with van der Waals surface area (Å²) in [6.07, 6.45) is 0. The highest BCUT2D eigenvalue weighted by atomic mass is 32.2. The summed E-state index contributed by atoms with van der Waals surface area (Å²) in [6.45, 7) is 1.76. The van der Waals surface area contributed by atoms with Gasteiger partial charge in [0, 0.05) is 4.90 Å². The van der Waals surface area contributed by atoms with Crippen LogP contribution >= 0.6 is 11.8 Å². The molecule has 0 heterocycles. The van der Waals surface area contributed by atoms with Crippen LogP contribution in [0.1, 0.15) is 6.92 Å². The van der Waals surface area contributed by atoms with E-state index in [1.54, 1.807) is 31.2 Å². The molecule has 0 aliphatic carbocycles. The predicted molar refractivity (Wildman–Crippen MR) is 55.8 cm³/mol. The number of carbonyl (C=O) groups is 1. The fraction of sp³-hybridized carbons (Fsp3) is 0.222. The fourth-order valence-corrected chi connectivity index (χ4v) is 1.78. The monoisotopic (exact) mass is 212 g/mol. The van der Waals surface area contributed by atoms with Crippen molar-refractivity contribution in [2.24, 2.45) is 5.84 Å². The Morgan fingerprint density at radius 3 is 2.57 bits per heavy atom. The lowest BCUT2D eigenvalue weighted by Crippen LogP contribution is -2.36. The molecule has 1 rings (SSSR count). The van der Waals surface area contributed by atoms with Crippen LogP contribution in [0.25, 0.3) is 0 Å². The van der Waals surface area contributed by atoms with Gasteiger partial charge in [-0.15, -0.1) is 11.8 Å². The van der Waals surface area contributed by atoms with Crippen molar-refractivity contribution in [1.82, 2.24) is 5.43 Å². The van der Waals surface area contributed by atoms with Crippen LogP contribution in [0.3, 0.4) is 0 Å². The highest BCUT2D eigenvalue weighted by Crippen LogP contribution is 2.24. The van der Waals surface area contributed by atoms with Gasteiger partial charge in [0.2, 0.25) is 5.91 Å². The summed E-state index contributed by atoms with van der Waals surface area (Å²) in [5.41, 5.74) is 2.09. The Labute approximate surface area is 86.5 Å². The van der Waals surface area contributed by atoms with E-state index in [1.807, 2.05) is 0 Å². The number of benzene rings is 1. The van der Waals surface area contributed by atoms with Gasteiger partial charge in [-0.1, -0.05) is 0 Å². The highest BCUT2D eigenvalue weighted by Gasteiger charge is 2.12. The van der Waals surface area contributed by atoms with Gasteiger partial charge in [0.05, 0.1) is 5.25 Å². The molecule has 1 atom stereocenters. The van der Waals surface area contributed by atoms with E-state index in [9.17, 15) is 4.79 Å². The summed E-state index contributed by atoms with van der Waals surface area (Å²) in [5, 5.41) is 8.79. The lowest BCUT2D eigenvalue weighted by Gasteiger charge is -2.08. The normalized spacial score (nSPS) is 12.1. The van der Waals surface area contributed by atoms with Crippen molar-refractivity contribution < 1.29 is 9.90 Å². The number of phenols is 1. The quantitative estimate of drug-likeness (QED) is 0.301. The van der Waals surface area contributed by atoms with Crippen LogP contribution in [0, 0.1) is 0 Å². The minimum absolute atomic E-state index is 0.213. The Bertz CT molecular complexity index is 313. The predicted octanol–water partition coefficient (Wildman–Crippen LogP) is 0.863. The summed E-state index contributed by atoms with van der Waals surface area (Å²) >= 11 is 1.38. The Kier molecular flexibility index (Phi) is 3.79. The van der Waals surface area contributed by atoms with Gasteiger partial charge in [-0.3, -0.25) is 10.2 Å². The fourth-order valence-electron chi connectivity index (χ4n) is 0.900. The molecule has 1 amide bonds. The van der Waals surface area contributed by atoms with E-state index in [0.29, 0.717) is 0 Å². The second-order valence-corrected chi connectivity index (χ2v) is 4.18. The van der Waals surface area contributed by atoms with Gasteiger partial charge in [0.1, 0.15) is 5.75 Å². The van der Waals surface area contributed by atoms with Gasteiger partial charge in [0.25, 0.3) is 0 Å². The molecule has 0 radical (unpaired) electrons. The van der Waals surface area contributed by atoms with Crippen molar-refractivity contribution in [2.75, 3.05) is 0 Å². The third-order valence-corrected chi connectivity index (χ3v) is 2.77. The van der Waals surface area contributed by atoms with E-state index < -0.39 is 0 Å². The Hall–Kier alpha value is -1.20. The van der Waals surface area contributed by atoms with Gasteiger partial charge < -0.3 is 5.11 Å². The van der Waals surface area contributed by atoms with Crippen molar-refractivity contribution in [3.8, 4) is 5.75 Å². The number of rotatable bonds is 3. The van der Waals surface area contributed by atoms with Gasteiger partial charge in [-0.2, -0.15) is 0 Å². The molecular formula is C9H12N2O2S. The van der Waals surface area contributed by atoms with E-state index in [1.165, 1.54) is 11.8 Å². The van der Waals surface area contributed by atoms with E-state index in [4.69, 9.17) is 10.9 Å². The molecule has 5 heteroatoms. The number of phenolic OH excluding ortho intramolecular Hbond substituents is 1. The van der Waals surface area contributed by atoms with E-state index in [-0.39, 0.29) is 16.9 Å². The second kappa shape index (κ2) is 4.88. The number of hydrogen-bond acceptors (Lipinski definition) is 4. The van der Waals surface area contributed by atoms with Crippen molar-refractivity contribution >= 4 is 17.7 Å². The standard InChI is InChI=1S/C9H12N2O2S/c1-6(9(13)11-10)14-8-4-2-7(12)3-5-8/h2-6,12H,10H2,1H3,(H,11,13). The van der Waals surface area contributed by atoms with Crippen molar-refractivity contribution in [2.45, 2.75) is 17.1 Å². The minimum Gasteiger partial charge on any atom is -0.508 e. The first-order chi connectivity index (χ1) is 6.63. The number of aromatic hydroxyl groups is 1. The number of thioether (sulfide) groups is 1. The molecule has 0 aromatic heterocycles. The molecule has 0 saturated carbocycles. The van der Waals surface area contributed by atoms with Crippen LogP contribution < -0.4 is 11.3 Å². The molecule has 0 saturated heterocycles. The molecule has 0 bridgehead atoms. The van der Waals surface area contributed by atoms with Crippen LogP contribution in [-0.2, 0) is 4.79 Å². The van der Waals surface area contributed by atoms with Crippen molar-refractivity contribution in [3.05, 3.63) is 24.3 Å². The first-order valence-electron chi connectivity index (χ1n) is 4.09. The second-order valence-electron chi connectivity index (χ2n) is 2.76. The summed E-state index contributed by atoms with van der Waals surface area (Å²) in [5.74, 6) is 4.99. The minimum atomic E-state index is -0.246. The van der Waals surface area contributed by atoms with Crippen LogP contribution in [0.4, 0.5) is 0 Å². The number of hydrogen-bond donors (Lipinski definition) is 3. The summed E-state index contributed by atoms with van der Waals surface area (Å²) < 4.78 is 0. The molecule has 1 unspecified atom stereocenters. The van der Waals surface area contributed by atoms with Crippen molar-refractivity contribution in [1.29, 1.82) is 0 Å². The molecule has 1 aromatic carbocycles. The smallest absolute Gasteiger partial charge is 0.247 e. The van der Waals surface area contributed by atoms with Gasteiger partial charge in [-0.25, -0.2) is 5.84 Å². The average molecular weight is 212 g/mol. The number of carbonyl (C=O) groups excluding carboxylic acids is 1. The zero-order chi connectivity index (χ0) is 10.6. The molecule has 0 spiro atoms. The largest absolute Gasteiger partial charge is 0.508 e. The topological polar surface area (TPSA) is 75.3 Å². The molecular weight excluding hydrogens is 200 g/mol. The molecule has 14 heavy (non-hydrogen) atoms. The average Bonchev–Trinajstić information content (AvgIpc) is 2.20. The number of amides is 1. The molecule has 76 valence electrons. The number of nitrogens with one attached hydrogen (secondary N) is 1. The van der Waals surface area contributed by atoms with E-state index in [0.717, 1.165) is 4.90 Å². The van der Waals surface area contributed by atoms with Crippen LogP contribution in [0.5, 0.6) is 5.75 Å². The molecule has 0 aliphatic heterocycles. The molecule has 1 aromatic rings. The molecule has 4 nitrogen and oxygen atoms in total. The van der Waals surface area contributed by atoms with Gasteiger partial charge in [-0.05, 0) is 31.2 Å². The lowest BCUT2D eigenvalue weighted by atomic mass is 10.3. The van der Waals surface area contributed by atoms with Crippen LogP contribution in [0.2, 0.25) is 0 Å². The zero-order valence-electron chi connectivity index (χ0n) is 7.73. The SMILES string of the molecule is CC(Sc1ccc(O)cc1)C(=O)NN. The highest BCUT2D eigenvalue weighted by molar-refractivity contribution is 8.00. The van der Waals surface area contributed by atoms with E-state index in [2.05, 4.69) is 5.43 Å². The maximum Gasteiger partial charge on any atom is 0.247 e. The first kappa shape index (κ1) is 10.9. The van der Waals surface area contributed by atoms with Gasteiger partial charge >= 0.3 is 0 Å². The summed E-state index contributed by atoms with van der Waals surface area (Å²) in [4.78, 5) is 12.0. The molecule has 0 aliphatic rings. The van der Waals surface area contributed by atoms with E-state index >= 15 is 0 Å². The van der Waals surface area contributed by atoms with Crippen molar-refractivity contribution in [3.63, 3.8) is 0 Å². The molecule has 4 N–H and O–H groups in total. The number of nitrogens with two attached hydrogens (primary N) is 1. The summed E-state index contributed by atoms with van der Waals surface area (Å²) in [7, 11) is 0. The Balaban J connectivity index is 2.60. The van der Waals surface area contributed by atoms with Crippen LogP contribution in [-0.4, -0.2) is 16.3 Å². The van der Waals surface area contributed by atoms with Gasteiger partial charge in [0.15, 0.2) is 0 Å². The third-order valence-electron chi connectivity index (χ3n) is 1.66. The zero-order valence-corrected chi connectivity index (χ0v) is 8.54. The Morgan fingerprint density at radius 2 is 2.07 bits per heavy atom.